The zero-order chi connectivity index (χ0) is 12.3. The van der Waals surface area contributed by atoms with Crippen molar-refractivity contribution in [1.29, 1.82) is 0 Å². The molecule has 1 aliphatic rings. The van der Waals surface area contributed by atoms with Crippen molar-refractivity contribution in [1.82, 2.24) is 9.80 Å². The normalized spacial score (nSPS) is 23.2. The molecule has 1 unspecified atom stereocenters. The summed E-state index contributed by atoms with van der Waals surface area (Å²) in [6, 6.07) is 10.9. The van der Waals surface area contributed by atoms with E-state index in [4.69, 9.17) is 0 Å². The summed E-state index contributed by atoms with van der Waals surface area (Å²) in [5.41, 5.74) is 1.27. The summed E-state index contributed by atoms with van der Waals surface area (Å²) >= 11 is 0. The van der Waals surface area contributed by atoms with Gasteiger partial charge in [0, 0.05) is 32.2 Å². The summed E-state index contributed by atoms with van der Waals surface area (Å²) < 4.78 is 0. The van der Waals surface area contributed by atoms with Crippen LogP contribution in [0.1, 0.15) is 19.4 Å². The molecule has 17 heavy (non-hydrogen) atoms. The van der Waals surface area contributed by atoms with Crippen molar-refractivity contribution in [2.75, 3.05) is 19.6 Å². The molecule has 1 N–H and O–H groups in total. The van der Waals surface area contributed by atoms with E-state index in [0.717, 1.165) is 26.2 Å². The first-order valence-electron chi connectivity index (χ1n) is 6.37. The molecule has 0 amide bonds. The van der Waals surface area contributed by atoms with E-state index >= 15 is 0 Å². The van der Waals surface area contributed by atoms with E-state index in [1.807, 2.05) is 18.2 Å². The highest BCUT2D eigenvalue weighted by molar-refractivity contribution is 5.14. The van der Waals surface area contributed by atoms with Gasteiger partial charge in [-0.2, -0.15) is 0 Å². The fraction of sp³-hybridized carbons (Fsp3) is 0.571. The SMILES string of the molecule is CC(C)N1CCN(Cc2ccccc2)C(O)C1. The van der Waals surface area contributed by atoms with Crippen molar-refractivity contribution in [3.05, 3.63) is 35.9 Å². The molecule has 1 saturated heterocycles. The quantitative estimate of drug-likeness (QED) is 0.859. The Labute approximate surface area is 104 Å². The standard InChI is InChI=1S/C14H22N2O/c1-12(2)15-8-9-16(14(17)11-15)10-13-6-4-3-5-7-13/h3-7,12,14,17H,8-11H2,1-2H3. The van der Waals surface area contributed by atoms with Gasteiger partial charge < -0.3 is 5.11 Å². The van der Waals surface area contributed by atoms with Crippen LogP contribution < -0.4 is 0 Å². The molecular formula is C14H22N2O. The maximum absolute atomic E-state index is 10.1. The fourth-order valence-electron chi connectivity index (χ4n) is 2.29. The number of hydrogen-bond donors (Lipinski definition) is 1. The molecule has 1 heterocycles. The molecule has 0 aromatic heterocycles. The molecule has 94 valence electrons. The lowest BCUT2D eigenvalue weighted by Crippen LogP contribution is -2.54. The van der Waals surface area contributed by atoms with Gasteiger partial charge in [0.1, 0.15) is 6.23 Å². The monoisotopic (exact) mass is 234 g/mol. The molecule has 0 bridgehead atoms. The smallest absolute Gasteiger partial charge is 0.120 e. The number of aliphatic hydroxyl groups excluding tert-OH is 1. The summed E-state index contributed by atoms with van der Waals surface area (Å²) in [5, 5.41) is 10.1. The molecule has 1 aromatic rings. The van der Waals surface area contributed by atoms with Crippen LogP contribution in [0.2, 0.25) is 0 Å². The Morgan fingerprint density at radius 3 is 2.53 bits per heavy atom. The number of β-amino-alcohol motifs (C(OH)–C–C–N with tert-alkyl or cyclic N) is 1. The van der Waals surface area contributed by atoms with E-state index < -0.39 is 0 Å². The van der Waals surface area contributed by atoms with Crippen LogP contribution in [-0.2, 0) is 6.54 Å². The minimum absolute atomic E-state index is 0.341. The predicted molar refractivity (Wildman–Crippen MR) is 69.6 cm³/mol. The summed E-state index contributed by atoms with van der Waals surface area (Å²) in [6.45, 7) is 7.94. The van der Waals surface area contributed by atoms with Gasteiger partial charge in [-0.25, -0.2) is 0 Å². The van der Waals surface area contributed by atoms with Crippen LogP contribution in [0.25, 0.3) is 0 Å². The molecule has 0 saturated carbocycles. The van der Waals surface area contributed by atoms with Gasteiger partial charge in [-0.3, -0.25) is 9.80 Å². The zero-order valence-corrected chi connectivity index (χ0v) is 10.7. The number of rotatable bonds is 3. The highest BCUT2D eigenvalue weighted by atomic mass is 16.3. The zero-order valence-electron chi connectivity index (χ0n) is 10.7. The van der Waals surface area contributed by atoms with Crippen LogP contribution >= 0.6 is 0 Å². The number of nitrogens with zero attached hydrogens (tertiary/aromatic N) is 2. The first-order valence-corrected chi connectivity index (χ1v) is 6.37. The maximum Gasteiger partial charge on any atom is 0.120 e. The van der Waals surface area contributed by atoms with Gasteiger partial charge >= 0.3 is 0 Å². The van der Waals surface area contributed by atoms with E-state index in [1.165, 1.54) is 5.56 Å². The van der Waals surface area contributed by atoms with Crippen LogP contribution in [-0.4, -0.2) is 46.8 Å². The molecule has 3 nitrogen and oxygen atoms in total. The number of hydrogen-bond acceptors (Lipinski definition) is 3. The summed E-state index contributed by atoms with van der Waals surface area (Å²) in [6.07, 6.45) is -0.341. The molecule has 1 aliphatic heterocycles. The van der Waals surface area contributed by atoms with E-state index in [-0.39, 0.29) is 6.23 Å². The third-order valence-electron chi connectivity index (χ3n) is 3.45. The molecule has 1 fully saturated rings. The predicted octanol–water partition coefficient (Wildman–Crippen LogP) is 1.53. The second-order valence-electron chi connectivity index (χ2n) is 5.03. The largest absolute Gasteiger partial charge is 0.377 e. The Balaban J connectivity index is 1.92. The van der Waals surface area contributed by atoms with Crippen molar-refractivity contribution >= 4 is 0 Å². The number of benzene rings is 1. The molecule has 0 radical (unpaired) electrons. The third kappa shape index (κ3) is 3.28. The molecule has 0 aliphatic carbocycles. The Morgan fingerprint density at radius 1 is 1.24 bits per heavy atom. The van der Waals surface area contributed by atoms with Crippen LogP contribution in [0.15, 0.2) is 30.3 Å². The first kappa shape index (κ1) is 12.6. The summed E-state index contributed by atoms with van der Waals surface area (Å²) in [7, 11) is 0. The van der Waals surface area contributed by atoms with E-state index in [2.05, 4.69) is 35.8 Å². The minimum Gasteiger partial charge on any atom is -0.377 e. The van der Waals surface area contributed by atoms with Crippen molar-refractivity contribution < 1.29 is 5.11 Å². The van der Waals surface area contributed by atoms with Gasteiger partial charge in [0.05, 0.1) is 0 Å². The maximum atomic E-state index is 10.1. The van der Waals surface area contributed by atoms with Gasteiger partial charge in [-0.05, 0) is 19.4 Å². The fourth-order valence-corrected chi connectivity index (χ4v) is 2.29. The van der Waals surface area contributed by atoms with Crippen molar-refractivity contribution in [3.63, 3.8) is 0 Å². The third-order valence-corrected chi connectivity index (χ3v) is 3.45. The highest BCUT2D eigenvalue weighted by Gasteiger charge is 2.26. The van der Waals surface area contributed by atoms with Crippen LogP contribution in [0.3, 0.4) is 0 Å². The van der Waals surface area contributed by atoms with Crippen molar-refractivity contribution in [3.8, 4) is 0 Å². The van der Waals surface area contributed by atoms with Crippen molar-refractivity contribution in [2.45, 2.75) is 32.7 Å². The van der Waals surface area contributed by atoms with Crippen molar-refractivity contribution in [2.24, 2.45) is 0 Å². The number of aliphatic hydroxyl groups is 1. The van der Waals surface area contributed by atoms with Gasteiger partial charge in [0.25, 0.3) is 0 Å². The Bertz CT molecular complexity index is 339. The number of piperazine rings is 1. The molecular weight excluding hydrogens is 212 g/mol. The summed E-state index contributed by atoms with van der Waals surface area (Å²) in [5.74, 6) is 0. The van der Waals surface area contributed by atoms with E-state index in [1.54, 1.807) is 0 Å². The Kier molecular flexibility index (Phi) is 4.15. The molecule has 1 aromatic carbocycles. The molecule has 0 spiro atoms. The van der Waals surface area contributed by atoms with Crippen LogP contribution in [0.5, 0.6) is 0 Å². The molecule has 2 rings (SSSR count). The van der Waals surface area contributed by atoms with Gasteiger partial charge in [0.15, 0.2) is 0 Å². The lowest BCUT2D eigenvalue weighted by molar-refractivity contribution is -0.0678. The first-order chi connectivity index (χ1) is 8.16. The second-order valence-corrected chi connectivity index (χ2v) is 5.03. The van der Waals surface area contributed by atoms with Gasteiger partial charge in [0.2, 0.25) is 0 Å². The van der Waals surface area contributed by atoms with E-state index in [9.17, 15) is 5.11 Å². The minimum atomic E-state index is -0.341. The summed E-state index contributed by atoms with van der Waals surface area (Å²) in [4.78, 5) is 4.47. The molecule has 3 heteroatoms. The average molecular weight is 234 g/mol. The Morgan fingerprint density at radius 2 is 1.94 bits per heavy atom. The van der Waals surface area contributed by atoms with Crippen LogP contribution in [0, 0.1) is 0 Å². The van der Waals surface area contributed by atoms with Gasteiger partial charge in [-0.1, -0.05) is 30.3 Å². The second kappa shape index (κ2) is 5.63. The van der Waals surface area contributed by atoms with E-state index in [0.29, 0.717) is 6.04 Å². The highest BCUT2D eigenvalue weighted by Crippen LogP contribution is 2.14. The van der Waals surface area contributed by atoms with Crippen LogP contribution in [0.4, 0.5) is 0 Å². The Hall–Kier alpha value is -0.900. The van der Waals surface area contributed by atoms with Gasteiger partial charge in [-0.15, -0.1) is 0 Å². The topological polar surface area (TPSA) is 26.7 Å². The lowest BCUT2D eigenvalue weighted by Gasteiger charge is -2.40. The molecule has 1 atom stereocenters. The lowest BCUT2D eigenvalue weighted by atomic mass is 10.1. The average Bonchev–Trinajstić information content (AvgIpc) is 2.33.